The summed E-state index contributed by atoms with van der Waals surface area (Å²) in [5, 5.41) is 0. The molecule has 0 fully saturated rings. The van der Waals surface area contributed by atoms with Crippen LogP contribution in [0.4, 0.5) is 0 Å². The van der Waals surface area contributed by atoms with Crippen molar-refractivity contribution in [3.8, 4) is 0 Å². The SMILES string of the molecule is O=C1O/C(=C\c2ccccc2)C(Br)=C1Br. The lowest BCUT2D eigenvalue weighted by Crippen LogP contribution is -1.93. The summed E-state index contributed by atoms with van der Waals surface area (Å²) in [6.45, 7) is 0. The third-order valence-corrected chi connectivity index (χ3v) is 3.93. The van der Waals surface area contributed by atoms with Crippen molar-refractivity contribution in [2.45, 2.75) is 0 Å². The Morgan fingerprint density at radius 2 is 1.73 bits per heavy atom. The van der Waals surface area contributed by atoms with Crippen molar-refractivity contribution in [2.24, 2.45) is 0 Å². The number of hydrogen-bond acceptors (Lipinski definition) is 2. The Labute approximate surface area is 104 Å². The first-order valence-electron chi connectivity index (χ1n) is 4.23. The predicted octanol–water partition coefficient (Wildman–Crippen LogP) is 3.59. The lowest BCUT2D eigenvalue weighted by Gasteiger charge is -1.97. The van der Waals surface area contributed by atoms with Crippen molar-refractivity contribution in [1.82, 2.24) is 0 Å². The van der Waals surface area contributed by atoms with Gasteiger partial charge < -0.3 is 4.74 Å². The highest BCUT2D eigenvalue weighted by Gasteiger charge is 2.26. The average Bonchev–Trinajstić information content (AvgIpc) is 2.48. The van der Waals surface area contributed by atoms with Crippen LogP contribution < -0.4 is 0 Å². The van der Waals surface area contributed by atoms with Crippen LogP contribution in [0.2, 0.25) is 0 Å². The number of carbonyl (C=O) groups is 1. The molecule has 0 aromatic heterocycles. The molecule has 0 saturated carbocycles. The van der Waals surface area contributed by atoms with Gasteiger partial charge in [-0.2, -0.15) is 0 Å². The summed E-state index contributed by atoms with van der Waals surface area (Å²) in [5.41, 5.74) is 0.986. The van der Waals surface area contributed by atoms with E-state index in [1.807, 2.05) is 30.3 Å². The first-order chi connectivity index (χ1) is 7.18. The zero-order chi connectivity index (χ0) is 10.8. The summed E-state index contributed by atoms with van der Waals surface area (Å²) in [6.07, 6.45) is 1.80. The van der Waals surface area contributed by atoms with E-state index in [9.17, 15) is 4.79 Å². The number of esters is 1. The van der Waals surface area contributed by atoms with Gasteiger partial charge in [-0.15, -0.1) is 0 Å². The lowest BCUT2D eigenvalue weighted by molar-refractivity contribution is -0.132. The van der Waals surface area contributed by atoms with Crippen LogP contribution in [0.3, 0.4) is 0 Å². The molecular formula is C11H6Br2O2. The Kier molecular flexibility index (Phi) is 3.07. The number of carbonyl (C=O) groups excluding carboxylic acids is 1. The lowest BCUT2D eigenvalue weighted by atomic mass is 10.2. The zero-order valence-electron chi connectivity index (χ0n) is 7.54. The summed E-state index contributed by atoms with van der Waals surface area (Å²) in [4.78, 5) is 11.2. The molecule has 15 heavy (non-hydrogen) atoms. The second-order valence-corrected chi connectivity index (χ2v) is 4.52. The van der Waals surface area contributed by atoms with Crippen LogP contribution in [-0.4, -0.2) is 5.97 Å². The van der Waals surface area contributed by atoms with E-state index in [2.05, 4.69) is 31.9 Å². The molecule has 1 aliphatic heterocycles. The Hall–Kier alpha value is -0.870. The summed E-state index contributed by atoms with van der Waals surface area (Å²) >= 11 is 6.43. The average molecular weight is 330 g/mol. The maximum absolute atomic E-state index is 11.2. The standard InChI is InChI=1S/C11H6Br2O2/c12-9-8(15-11(14)10(9)13)6-7-4-2-1-3-5-7/h1-6H/b8-6-. The van der Waals surface area contributed by atoms with Gasteiger partial charge in [0.05, 0.1) is 4.48 Å². The third kappa shape index (κ3) is 2.21. The van der Waals surface area contributed by atoms with Gasteiger partial charge in [0.15, 0.2) is 0 Å². The van der Waals surface area contributed by atoms with Crippen LogP contribution >= 0.6 is 31.9 Å². The first-order valence-corrected chi connectivity index (χ1v) is 5.81. The van der Waals surface area contributed by atoms with Crippen LogP contribution in [0.1, 0.15) is 5.56 Å². The molecule has 0 N–H and O–H groups in total. The number of benzene rings is 1. The normalized spacial score (nSPS) is 18.5. The quantitative estimate of drug-likeness (QED) is 0.736. The largest absolute Gasteiger partial charge is 0.421 e. The number of allylic oxidation sites excluding steroid dienone is 1. The fourth-order valence-corrected chi connectivity index (χ4v) is 1.81. The Bertz CT molecular complexity index is 461. The van der Waals surface area contributed by atoms with E-state index < -0.39 is 0 Å². The van der Waals surface area contributed by atoms with Crippen molar-refractivity contribution < 1.29 is 9.53 Å². The van der Waals surface area contributed by atoms with Gasteiger partial charge in [0.1, 0.15) is 10.2 Å². The molecule has 0 aliphatic carbocycles. The molecule has 0 unspecified atom stereocenters. The van der Waals surface area contributed by atoms with E-state index in [1.54, 1.807) is 6.08 Å². The second kappa shape index (κ2) is 4.33. The fraction of sp³-hybridized carbons (Fsp3) is 0. The smallest absolute Gasteiger partial charge is 0.351 e. The Morgan fingerprint density at radius 3 is 2.27 bits per heavy atom. The summed E-state index contributed by atoms with van der Waals surface area (Å²) in [6, 6.07) is 9.66. The molecule has 4 heteroatoms. The van der Waals surface area contributed by atoms with Crippen molar-refractivity contribution in [2.75, 3.05) is 0 Å². The Morgan fingerprint density at radius 1 is 1.07 bits per heavy atom. The van der Waals surface area contributed by atoms with E-state index >= 15 is 0 Å². The highest BCUT2D eigenvalue weighted by molar-refractivity contribution is 9.14. The molecule has 0 atom stereocenters. The molecule has 0 saturated heterocycles. The molecule has 76 valence electrons. The highest BCUT2D eigenvalue weighted by Crippen LogP contribution is 2.35. The van der Waals surface area contributed by atoms with Gasteiger partial charge in [-0.25, -0.2) is 4.79 Å². The van der Waals surface area contributed by atoms with Gasteiger partial charge >= 0.3 is 5.97 Å². The van der Waals surface area contributed by atoms with Gasteiger partial charge in [-0.05, 0) is 43.5 Å². The van der Waals surface area contributed by atoms with Crippen LogP contribution in [0, 0.1) is 0 Å². The summed E-state index contributed by atoms with van der Waals surface area (Å²) in [7, 11) is 0. The van der Waals surface area contributed by atoms with E-state index in [0.29, 0.717) is 14.7 Å². The van der Waals surface area contributed by atoms with Crippen LogP contribution in [0.5, 0.6) is 0 Å². The second-order valence-electron chi connectivity index (χ2n) is 2.94. The summed E-state index contributed by atoms with van der Waals surface area (Å²) < 4.78 is 6.11. The number of hydrogen-bond donors (Lipinski definition) is 0. The highest BCUT2D eigenvalue weighted by atomic mass is 79.9. The zero-order valence-corrected chi connectivity index (χ0v) is 10.7. The van der Waals surface area contributed by atoms with Gasteiger partial charge in [-0.1, -0.05) is 30.3 Å². The molecule has 1 aliphatic rings. The topological polar surface area (TPSA) is 26.3 Å². The summed E-state index contributed by atoms with van der Waals surface area (Å²) in [5.74, 6) is 0.155. The molecule has 2 nitrogen and oxygen atoms in total. The van der Waals surface area contributed by atoms with E-state index in [1.165, 1.54) is 0 Å². The fourth-order valence-electron chi connectivity index (χ4n) is 1.18. The number of rotatable bonds is 1. The third-order valence-electron chi connectivity index (χ3n) is 1.89. The molecule has 2 rings (SSSR count). The van der Waals surface area contributed by atoms with Gasteiger partial charge in [0.25, 0.3) is 0 Å². The van der Waals surface area contributed by atoms with Crippen molar-refractivity contribution in [1.29, 1.82) is 0 Å². The maximum Gasteiger partial charge on any atom is 0.351 e. The maximum atomic E-state index is 11.2. The Balaban J connectivity index is 2.35. The van der Waals surface area contributed by atoms with Gasteiger partial charge in [0.2, 0.25) is 0 Å². The number of cyclic esters (lactones) is 1. The minimum Gasteiger partial charge on any atom is -0.421 e. The van der Waals surface area contributed by atoms with Gasteiger partial charge in [-0.3, -0.25) is 0 Å². The molecule has 1 heterocycles. The van der Waals surface area contributed by atoms with Crippen molar-refractivity contribution >= 4 is 43.9 Å². The van der Waals surface area contributed by atoms with E-state index in [-0.39, 0.29) is 5.97 Å². The van der Waals surface area contributed by atoms with Crippen LogP contribution in [0.25, 0.3) is 6.08 Å². The van der Waals surface area contributed by atoms with Crippen molar-refractivity contribution in [3.63, 3.8) is 0 Å². The number of halogens is 2. The molecule has 0 spiro atoms. The molecule has 0 radical (unpaired) electrons. The van der Waals surface area contributed by atoms with Crippen LogP contribution in [0.15, 0.2) is 45.1 Å². The monoisotopic (exact) mass is 328 g/mol. The number of ether oxygens (including phenoxy) is 1. The van der Waals surface area contributed by atoms with E-state index in [0.717, 1.165) is 5.56 Å². The van der Waals surface area contributed by atoms with E-state index in [4.69, 9.17) is 4.74 Å². The molecule has 1 aromatic rings. The van der Waals surface area contributed by atoms with Crippen LogP contribution in [-0.2, 0) is 9.53 Å². The minimum absolute atomic E-state index is 0.371. The molecule has 0 bridgehead atoms. The molecule has 0 amide bonds. The minimum atomic E-state index is -0.371. The van der Waals surface area contributed by atoms with Crippen molar-refractivity contribution in [3.05, 3.63) is 50.6 Å². The molecular weight excluding hydrogens is 324 g/mol. The van der Waals surface area contributed by atoms with Gasteiger partial charge in [0, 0.05) is 0 Å². The molecule has 1 aromatic carbocycles. The first kappa shape index (κ1) is 10.6. The predicted molar refractivity (Wildman–Crippen MR) is 65.4 cm³/mol.